The van der Waals surface area contributed by atoms with Gasteiger partial charge in [0.05, 0.1) is 13.2 Å². The summed E-state index contributed by atoms with van der Waals surface area (Å²) in [6.07, 6.45) is 4.11. The van der Waals surface area contributed by atoms with Crippen molar-refractivity contribution in [2.75, 3.05) is 13.2 Å². The fourth-order valence-corrected chi connectivity index (χ4v) is 4.58. The summed E-state index contributed by atoms with van der Waals surface area (Å²) in [6, 6.07) is 10.3. The minimum absolute atomic E-state index is 0.0839. The molecule has 2 aliphatic rings. The maximum Gasteiger partial charge on any atom is 0.220 e. The quantitative estimate of drug-likeness (QED) is 0.411. The zero-order chi connectivity index (χ0) is 22.0. The van der Waals surface area contributed by atoms with Gasteiger partial charge in [-0.2, -0.15) is 5.06 Å². The molecule has 2 heterocycles. The zero-order valence-electron chi connectivity index (χ0n) is 19.7. The molecule has 6 heteroatoms. The van der Waals surface area contributed by atoms with E-state index in [0.29, 0.717) is 13.2 Å². The standard InChI is InChI=1S/C24H39NO4Si/c1-23(2,3)30(6,7)29-25(17-19-13-9-8-10-14-19)22(20-15-11-12-16-26-20)21-18-27-24(4,5)28-21/h8-10,13-15,21-22H,11-12,16-18H2,1-7H3/t21-,22-/m1/s1. The molecule has 168 valence electrons. The summed E-state index contributed by atoms with van der Waals surface area (Å²) in [5.74, 6) is 0.343. The molecule has 2 aliphatic heterocycles. The van der Waals surface area contributed by atoms with Gasteiger partial charge in [0.15, 0.2) is 5.79 Å². The normalized spacial score (nSPS) is 23.2. The fourth-order valence-electron chi connectivity index (χ4n) is 3.55. The Morgan fingerprint density at radius 2 is 1.90 bits per heavy atom. The van der Waals surface area contributed by atoms with Crippen LogP contribution >= 0.6 is 0 Å². The number of allylic oxidation sites excluding steroid dienone is 1. The van der Waals surface area contributed by atoms with Crippen LogP contribution < -0.4 is 0 Å². The third kappa shape index (κ3) is 5.74. The lowest BCUT2D eigenvalue weighted by Crippen LogP contribution is -2.54. The predicted octanol–water partition coefficient (Wildman–Crippen LogP) is 5.64. The molecule has 30 heavy (non-hydrogen) atoms. The fraction of sp³-hybridized carbons (Fsp3) is 0.667. The second-order valence-electron chi connectivity index (χ2n) is 10.3. The van der Waals surface area contributed by atoms with Gasteiger partial charge in [0.2, 0.25) is 8.32 Å². The van der Waals surface area contributed by atoms with E-state index in [-0.39, 0.29) is 17.2 Å². The lowest BCUT2D eigenvalue weighted by Gasteiger charge is -2.44. The van der Waals surface area contributed by atoms with Gasteiger partial charge in [-0.15, -0.1) is 0 Å². The average Bonchev–Trinajstić information content (AvgIpc) is 3.02. The highest BCUT2D eigenvalue weighted by atomic mass is 28.4. The van der Waals surface area contributed by atoms with E-state index in [1.807, 2.05) is 19.9 Å². The lowest BCUT2D eigenvalue weighted by molar-refractivity contribution is -0.180. The van der Waals surface area contributed by atoms with Crippen LogP contribution in [0.5, 0.6) is 0 Å². The molecule has 2 atom stereocenters. The molecule has 1 fully saturated rings. The molecule has 0 spiro atoms. The van der Waals surface area contributed by atoms with Gasteiger partial charge in [-0.3, -0.25) is 0 Å². The van der Waals surface area contributed by atoms with Gasteiger partial charge in [0.25, 0.3) is 0 Å². The Labute approximate surface area is 183 Å². The van der Waals surface area contributed by atoms with Crippen molar-refractivity contribution < 1.29 is 18.7 Å². The van der Waals surface area contributed by atoms with Crippen molar-refractivity contribution >= 4 is 8.32 Å². The van der Waals surface area contributed by atoms with Crippen molar-refractivity contribution in [3.8, 4) is 0 Å². The van der Waals surface area contributed by atoms with Crippen LogP contribution in [0.3, 0.4) is 0 Å². The summed E-state index contributed by atoms with van der Waals surface area (Å²) in [7, 11) is -2.09. The Morgan fingerprint density at radius 3 is 2.43 bits per heavy atom. The van der Waals surface area contributed by atoms with Gasteiger partial charge in [-0.25, -0.2) is 0 Å². The van der Waals surface area contributed by atoms with Crippen LogP contribution in [-0.4, -0.2) is 44.5 Å². The van der Waals surface area contributed by atoms with Gasteiger partial charge in [0.1, 0.15) is 17.9 Å². The van der Waals surface area contributed by atoms with E-state index in [4.69, 9.17) is 18.7 Å². The molecule has 0 unspecified atom stereocenters. The molecule has 3 rings (SSSR count). The van der Waals surface area contributed by atoms with Gasteiger partial charge in [-0.1, -0.05) is 51.1 Å². The van der Waals surface area contributed by atoms with Crippen molar-refractivity contribution in [3.05, 3.63) is 47.7 Å². The van der Waals surface area contributed by atoms with E-state index < -0.39 is 14.1 Å². The third-order valence-corrected chi connectivity index (χ3v) is 10.6. The van der Waals surface area contributed by atoms with E-state index >= 15 is 0 Å². The van der Waals surface area contributed by atoms with Crippen molar-refractivity contribution in [2.45, 2.75) is 90.1 Å². The summed E-state index contributed by atoms with van der Waals surface area (Å²) >= 11 is 0. The second-order valence-corrected chi connectivity index (χ2v) is 15.0. The van der Waals surface area contributed by atoms with Crippen LogP contribution in [0.2, 0.25) is 18.1 Å². The van der Waals surface area contributed by atoms with Crippen LogP contribution in [0.15, 0.2) is 42.2 Å². The van der Waals surface area contributed by atoms with Gasteiger partial charge < -0.3 is 18.7 Å². The Morgan fingerprint density at radius 1 is 1.20 bits per heavy atom. The molecular formula is C24H39NO4Si. The number of benzene rings is 1. The number of ether oxygens (including phenoxy) is 3. The zero-order valence-corrected chi connectivity index (χ0v) is 20.7. The van der Waals surface area contributed by atoms with Crippen LogP contribution in [-0.2, 0) is 25.3 Å². The minimum atomic E-state index is -2.09. The van der Waals surface area contributed by atoms with Crippen molar-refractivity contribution in [2.24, 2.45) is 0 Å². The van der Waals surface area contributed by atoms with E-state index in [0.717, 1.165) is 25.2 Å². The Hall–Kier alpha value is -1.18. The van der Waals surface area contributed by atoms with Crippen molar-refractivity contribution in [1.82, 2.24) is 5.06 Å². The Kier molecular flexibility index (Phi) is 7.14. The topological polar surface area (TPSA) is 40.2 Å². The summed E-state index contributed by atoms with van der Waals surface area (Å²) in [5.41, 5.74) is 1.20. The van der Waals surface area contributed by atoms with Crippen molar-refractivity contribution in [1.29, 1.82) is 0 Å². The highest BCUT2D eigenvalue weighted by Gasteiger charge is 2.47. The molecule has 0 aliphatic carbocycles. The molecule has 1 saturated heterocycles. The molecule has 0 radical (unpaired) electrons. The van der Waals surface area contributed by atoms with Crippen LogP contribution in [0.25, 0.3) is 0 Å². The second kappa shape index (κ2) is 9.13. The third-order valence-electron chi connectivity index (χ3n) is 6.28. The first-order valence-corrected chi connectivity index (χ1v) is 14.0. The first-order chi connectivity index (χ1) is 14.0. The Bertz CT molecular complexity index is 726. The Balaban J connectivity index is 1.97. The number of hydrogen-bond acceptors (Lipinski definition) is 5. The first kappa shape index (κ1) is 23.5. The molecule has 0 amide bonds. The van der Waals surface area contributed by atoms with Crippen molar-refractivity contribution in [3.63, 3.8) is 0 Å². The molecule has 0 N–H and O–H groups in total. The maximum atomic E-state index is 6.92. The predicted molar refractivity (Wildman–Crippen MR) is 122 cm³/mol. The van der Waals surface area contributed by atoms with E-state index in [1.54, 1.807) is 0 Å². The first-order valence-electron chi connectivity index (χ1n) is 11.1. The summed E-state index contributed by atoms with van der Waals surface area (Å²) in [6.45, 7) is 17.2. The monoisotopic (exact) mass is 433 g/mol. The van der Waals surface area contributed by atoms with Crippen LogP contribution in [0, 0.1) is 0 Å². The number of hydroxylamine groups is 2. The molecule has 1 aromatic carbocycles. The van der Waals surface area contributed by atoms with Crippen LogP contribution in [0.4, 0.5) is 0 Å². The average molecular weight is 434 g/mol. The van der Waals surface area contributed by atoms with E-state index in [9.17, 15) is 0 Å². The van der Waals surface area contributed by atoms with Gasteiger partial charge in [-0.05, 0) is 56.5 Å². The lowest BCUT2D eigenvalue weighted by atomic mass is 10.1. The highest BCUT2D eigenvalue weighted by molar-refractivity contribution is 6.74. The van der Waals surface area contributed by atoms with E-state index in [2.05, 4.69) is 69.3 Å². The largest absolute Gasteiger partial charge is 0.496 e. The highest BCUT2D eigenvalue weighted by Crippen LogP contribution is 2.40. The molecule has 0 bridgehead atoms. The van der Waals surface area contributed by atoms with Crippen LogP contribution in [0.1, 0.15) is 53.0 Å². The molecular weight excluding hydrogens is 394 g/mol. The SMILES string of the molecule is CC1(C)OC[C@H]([C@@H](C2=CCCCO2)N(Cc2ccccc2)O[Si](C)(C)C(C)(C)C)O1. The summed E-state index contributed by atoms with van der Waals surface area (Å²) in [5, 5.41) is 2.21. The molecule has 5 nitrogen and oxygen atoms in total. The molecule has 0 saturated carbocycles. The van der Waals surface area contributed by atoms with Gasteiger partial charge >= 0.3 is 0 Å². The van der Waals surface area contributed by atoms with E-state index in [1.165, 1.54) is 5.56 Å². The number of rotatable bonds is 7. The number of hydrogen-bond donors (Lipinski definition) is 0. The number of nitrogens with zero attached hydrogens (tertiary/aromatic N) is 1. The molecule has 1 aromatic rings. The maximum absolute atomic E-state index is 6.92. The smallest absolute Gasteiger partial charge is 0.220 e. The van der Waals surface area contributed by atoms with Gasteiger partial charge in [0, 0.05) is 6.54 Å². The summed E-state index contributed by atoms with van der Waals surface area (Å²) in [4.78, 5) is 0. The molecule has 0 aromatic heterocycles. The summed E-state index contributed by atoms with van der Waals surface area (Å²) < 4.78 is 25.4. The minimum Gasteiger partial charge on any atom is -0.496 e.